The summed E-state index contributed by atoms with van der Waals surface area (Å²) >= 11 is 3.44. The summed E-state index contributed by atoms with van der Waals surface area (Å²) in [5.41, 5.74) is 0.750. The molecule has 0 fully saturated rings. The van der Waals surface area contributed by atoms with Crippen molar-refractivity contribution in [2.45, 2.75) is 53.7 Å². The van der Waals surface area contributed by atoms with Crippen molar-refractivity contribution in [3.8, 4) is 0 Å². The van der Waals surface area contributed by atoms with Gasteiger partial charge in [-0.25, -0.2) is 9.18 Å². The van der Waals surface area contributed by atoms with Crippen molar-refractivity contribution in [2.75, 3.05) is 6.54 Å². The monoisotopic (exact) mass is 373 g/mol. The zero-order chi connectivity index (χ0) is 17.1. The highest BCUT2D eigenvalue weighted by molar-refractivity contribution is 9.10. The quantitative estimate of drug-likeness (QED) is 0.717. The molecule has 0 radical (unpaired) electrons. The van der Waals surface area contributed by atoms with Crippen molar-refractivity contribution in [3.63, 3.8) is 0 Å². The lowest BCUT2D eigenvalue weighted by Gasteiger charge is -2.29. The molecule has 0 N–H and O–H groups in total. The molecule has 22 heavy (non-hydrogen) atoms. The number of halogens is 2. The number of aryl methyl sites for hydroxylation is 1. The first kappa shape index (κ1) is 18.9. The molecule has 0 atom stereocenters. The maximum atomic E-state index is 13.8. The van der Waals surface area contributed by atoms with E-state index in [1.165, 1.54) is 6.07 Å². The average Bonchev–Trinajstić information content (AvgIpc) is 2.32. The number of rotatable bonds is 4. The molecule has 0 aliphatic rings. The SMILES string of the molecule is Cc1cc(Br)c(CN(CC(C)C)C(=O)OC(C)(C)C)cc1F. The van der Waals surface area contributed by atoms with Crippen LogP contribution in [0.3, 0.4) is 0 Å². The third kappa shape index (κ3) is 5.95. The standard InChI is InChI=1S/C17H25BrFNO2/c1-11(2)9-20(16(21)22-17(4,5)6)10-13-8-15(19)12(3)7-14(13)18/h7-8,11H,9-10H2,1-6H3. The molecule has 0 bridgehead atoms. The molecule has 0 aliphatic carbocycles. The van der Waals surface area contributed by atoms with Crippen LogP contribution in [0.2, 0.25) is 0 Å². The summed E-state index contributed by atoms with van der Waals surface area (Å²) in [6, 6.07) is 3.20. The van der Waals surface area contributed by atoms with Gasteiger partial charge in [0.05, 0.1) is 6.54 Å². The molecular formula is C17H25BrFNO2. The molecule has 0 aliphatic heterocycles. The molecule has 1 rings (SSSR count). The van der Waals surface area contributed by atoms with E-state index in [0.29, 0.717) is 24.6 Å². The van der Waals surface area contributed by atoms with Gasteiger partial charge in [-0.2, -0.15) is 0 Å². The maximum Gasteiger partial charge on any atom is 0.410 e. The Bertz CT molecular complexity index is 538. The van der Waals surface area contributed by atoms with E-state index >= 15 is 0 Å². The van der Waals surface area contributed by atoms with Crippen molar-refractivity contribution in [2.24, 2.45) is 5.92 Å². The van der Waals surface area contributed by atoms with Crippen molar-refractivity contribution >= 4 is 22.0 Å². The summed E-state index contributed by atoms with van der Waals surface area (Å²) < 4.78 is 20.0. The highest BCUT2D eigenvalue weighted by Gasteiger charge is 2.23. The van der Waals surface area contributed by atoms with Crippen LogP contribution in [0, 0.1) is 18.7 Å². The summed E-state index contributed by atoms with van der Waals surface area (Å²) in [5, 5.41) is 0. The van der Waals surface area contributed by atoms with Crippen molar-refractivity contribution in [1.29, 1.82) is 0 Å². The van der Waals surface area contributed by atoms with Gasteiger partial charge < -0.3 is 9.64 Å². The number of benzene rings is 1. The van der Waals surface area contributed by atoms with Crippen LogP contribution in [-0.4, -0.2) is 23.1 Å². The molecule has 3 nitrogen and oxygen atoms in total. The fourth-order valence-electron chi connectivity index (χ4n) is 1.99. The second-order valence-corrected chi connectivity index (χ2v) is 7.80. The van der Waals surface area contributed by atoms with Gasteiger partial charge in [-0.15, -0.1) is 0 Å². The van der Waals surface area contributed by atoms with Crippen LogP contribution in [0.1, 0.15) is 45.7 Å². The number of carbonyl (C=O) groups excluding carboxylic acids is 1. The van der Waals surface area contributed by atoms with E-state index in [1.54, 1.807) is 17.9 Å². The highest BCUT2D eigenvalue weighted by Crippen LogP contribution is 2.23. The largest absolute Gasteiger partial charge is 0.444 e. The minimum absolute atomic E-state index is 0.271. The smallest absolute Gasteiger partial charge is 0.410 e. The van der Waals surface area contributed by atoms with Gasteiger partial charge in [0.25, 0.3) is 0 Å². The predicted octanol–water partition coefficient (Wildman–Crippen LogP) is 5.29. The molecule has 0 saturated carbocycles. The third-order valence-electron chi connectivity index (χ3n) is 2.93. The number of hydrogen-bond acceptors (Lipinski definition) is 2. The highest BCUT2D eigenvalue weighted by atomic mass is 79.9. The minimum Gasteiger partial charge on any atom is -0.444 e. The van der Waals surface area contributed by atoms with E-state index in [4.69, 9.17) is 4.74 Å². The van der Waals surface area contributed by atoms with E-state index in [9.17, 15) is 9.18 Å². The Balaban J connectivity index is 2.99. The van der Waals surface area contributed by atoms with Crippen LogP contribution >= 0.6 is 15.9 Å². The Morgan fingerprint density at radius 3 is 2.45 bits per heavy atom. The average molecular weight is 374 g/mol. The van der Waals surface area contributed by atoms with Gasteiger partial charge >= 0.3 is 6.09 Å². The summed E-state index contributed by atoms with van der Waals surface area (Å²) in [4.78, 5) is 14.0. The number of amides is 1. The summed E-state index contributed by atoms with van der Waals surface area (Å²) in [6.45, 7) is 12.1. The lowest BCUT2D eigenvalue weighted by Crippen LogP contribution is -2.38. The Labute approximate surface area is 141 Å². The molecule has 124 valence electrons. The van der Waals surface area contributed by atoms with E-state index < -0.39 is 5.60 Å². The van der Waals surface area contributed by atoms with Crippen LogP contribution in [-0.2, 0) is 11.3 Å². The molecule has 0 unspecified atom stereocenters. The fourth-order valence-corrected chi connectivity index (χ4v) is 2.57. The van der Waals surface area contributed by atoms with Gasteiger partial charge in [-0.05, 0) is 56.9 Å². The van der Waals surface area contributed by atoms with E-state index in [1.807, 2.05) is 34.6 Å². The van der Waals surface area contributed by atoms with Gasteiger partial charge in [-0.3, -0.25) is 0 Å². The van der Waals surface area contributed by atoms with Crippen LogP contribution < -0.4 is 0 Å². The molecule has 1 amide bonds. The zero-order valence-electron chi connectivity index (χ0n) is 14.2. The number of nitrogens with zero attached hydrogens (tertiary/aromatic N) is 1. The molecule has 0 spiro atoms. The van der Waals surface area contributed by atoms with Crippen LogP contribution in [0.4, 0.5) is 9.18 Å². The molecular weight excluding hydrogens is 349 g/mol. The van der Waals surface area contributed by atoms with Gasteiger partial charge in [-0.1, -0.05) is 29.8 Å². The number of hydrogen-bond donors (Lipinski definition) is 0. The first-order chi connectivity index (χ1) is 9.99. The lowest BCUT2D eigenvalue weighted by atomic mass is 10.1. The Hall–Kier alpha value is -1.10. The lowest BCUT2D eigenvalue weighted by molar-refractivity contribution is 0.0210. The van der Waals surface area contributed by atoms with E-state index in [-0.39, 0.29) is 11.9 Å². The molecule has 1 aromatic carbocycles. The summed E-state index contributed by atoms with van der Waals surface area (Å²) in [6.07, 6.45) is -0.380. The fraction of sp³-hybridized carbons (Fsp3) is 0.588. The van der Waals surface area contributed by atoms with Gasteiger partial charge in [0.1, 0.15) is 11.4 Å². The number of carbonyl (C=O) groups is 1. The minimum atomic E-state index is -0.554. The Morgan fingerprint density at radius 1 is 1.36 bits per heavy atom. The molecule has 5 heteroatoms. The second-order valence-electron chi connectivity index (χ2n) is 6.95. The Kier molecular flexibility index (Phi) is 6.41. The molecule has 0 heterocycles. The summed E-state index contributed by atoms with van der Waals surface area (Å²) in [5.74, 6) is 0.0217. The van der Waals surface area contributed by atoms with Crippen LogP contribution in [0.25, 0.3) is 0 Å². The number of ether oxygens (including phenoxy) is 1. The van der Waals surface area contributed by atoms with Crippen LogP contribution in [0.5, 0.6) is 0 Å². The summed E-state index contributed by atoms with van der Waals surface area (Å²) in [7, 11) is 0. The Morgan fingerprint density at radius 2 is 1.95 bits per heavy atom. The topological polar surface area (TPSA) is 29.5 Å². The van der Waals surface area contributed by atoms with Crippen molar-refractivity contribution in [1.82, 2.24) is 4.90 Å². The molecule has 0 saturated heterocycles. The van der Waals surface area contributed by atoms with Gasteiger partial charge in [0, 0.05) is 11.0 Å². The first-order valence-corrected chi connectivity index (χ1v) is 8.21. The van der Waals surface area contributed by atoms with Crippen molar-refractivity contribution in [3.05, 3.63) is 33.5 Å². The first-order valence-electron chi connectivity index (χ1n) is 7.42. The van der Waals surface area contributed by atoms with Crippen molar-refractivity contribution < 1.29 is 13.9 Å². The third-order valence-corrected chi connectivity index (χ3v) is 3.66. The van der Waals surface area contributed by atoms with E-state index in [2.05, 4.69) is 15.9 Å². The predicted molar refractivity (Wildman–Crippen MR) is 90.3 cm³/mol. The second kappa shape index (κ2) is 7.44. The van der Waals surface area contributed by atoms with Gasteiger partial charge in [0.15, 0.2) is 0 Å². The zero-order valence-corrected chi connectivity index (χ0v) is 15.8. The molecule has 0 aromatic heterocycles. The normalized spacial score (nSPS) is 11.7. The van der Waals surface area contributed by atoms with Gasteiger partial charge in [0.2, 0.25) is 0 Å². The maximum absolute atomic E-state index is 13.8. The molecule has 1 aromatic rings. The van der Waals surface area contributed by atoms with Crippen LogP contribution in [0.15, 0.2) is 16.6 Å². The van der Waals surface area contributed by atoms with E-state index in [0.717, 1.165) is 10.0 Å².